The van der Waals surface area contributed by atoms with Crippen molar-refractivity contribution in [1.82, 2.24) is 9.62 Å². The monoisotopic (exact) mass is 384 g/mol. The molecule has 1 fully saturated rings. The van der Waals surface area contributed by atoms with Gasteiger partial charge in [0.1, 0.15) is 5.75 Å². The molecule has 7 nitrogen and oxygen atoms in total. The summed E-state index contributed by atoms with van der Waals surface area (Å²) in [6.07, 6.45) is 0.698. The van der Waals surface area contributed by atoms with Gasteiger partial charge >= 0.3 is 0 Å². The molecule has 1 aromatic rings. The summed E-state index contributed by atoms with van der Waals surface area (Å²) in [6.45, 7) is 6.19. The van der Waals surface area contributed by atoms with E-state index >= 15 is 0 Å². The van der Waals surface area contributed by atoms with Gasteiger partial charge in [-0.2, -0.15) is 4.31 Å². The summed E-state index contributed by atoms with van der Waals surface area (Å²) in [5.74, 6) is 0.917. The normalized spacial score (nSPS) is 15.8. The Morgan fingerprint density at radius 3 is 2.62 bits per heavy atom. The molecule has 0 atom stereocenters. The third-order valence-corrected chi connectivity index (χ3v) is 6.08. The second kappa shape index (κ2) is 9.34. The Morgan fingerprint density at radius 2 is 2.00 bits per heavy atom. The Bertz CT molecular complexity index is 712. The van der Waals surface area contributed by atoms with Gasteiger partial charge in [-0.25, -0.2) is 8.42 Å². The maximum Gasteiger partial charge on any atom is 0.243 e. The number of morpholine rings is 1. The van der Waals surface area contributed by atoms with E-state index in [1.165, 1.54) is 11.4 Å². The van der Waals surface area contributed by atoms with E-state index in [0.29, 0.717) is 56.5 Å². The topological polar surface area (TPSA) is 84.9 Å². The number of benzene rings is 1. The van der Waals surface area contributed by atoms with Crippen molar-refractivity contribution < 1.29 is 22.7 Å². The van der Waals surface area contributed by atoms with Gasteiger partial charge in [-0.1, -0.05) is 13.8 Å². The van der Waals surface area contributed by atoms with Crippen molar-refractivity contribution in [3.8, 4) is 5.75 Å². The van der Waals surface area contributed by atoms with Crippen LogP contribution in [0.5, 0.6) is 5.75 Å². The first kappa shape index (κ1) is 20.7. The van der Waals surface area contributed by atoms with Crippen LogP contribution in [0.25, 0.3) is 0 Å². The van der Waals surface area contributed by atoms with Crippen molar-refractivity contribution in [2.45, 2.75) is 31.6 Å². The minimum absolute atomic E-state index is 0.0535. The molecule has 1 aromatic carbocycles. The van der Waals surface area contributed by atoms with E-state index < -0.39 is 10.0 Å². The number of nitrogens with zero attached hydrogens (tertiary/aromatic N) is 1. The molecule has 26 heavy (non-hydrogen) atoms. The molecule has 1 aliphatic heterocycles. The number of carbonyl (C=O) groups excluding carboxylic acids is 1. The molecular weight excluding hydrogens is 356 g/mol. The molecule has 0 aromatic heterocycles. The van der Waals surface area contributed by atoms with Crippen LogP contribution in [0.4, 0.5) is 0 Å². The molecule has 146 valence electrons. The van der Waals surface area contributed by atoms with Crippen molar-refractivity contribution in [3.63, 3.8) is 0 Å². The predicted molar refractivity (Wildman–Crippen MR) is 98.7 cm³/mol. The number of ether oxygens (including phenoxy) is 2. The van der Waals surface area contributed by atoms with E-state index in [2.05, 4.69) is 5.32 Å². The highest BCUT2D eigenvalue weighted by Gasteiger charge is 2.27. The second-order valence-corrected chi connectivity index (χ2v) is 8.63. The number of hydrogen-bond donors (Lipinski definition) is 1. The van der Waals surface area contributed by atoms with Gasteiger partial charge < -0.3 is 14.8 Å². The predicted octanol–water partition coefficient (Wildman–Crippen LogP) is 1.42. The highest BCUT2D eigenvalue weighted by Crippen LogP contribution is 2.26. The first-order chi connectivity index (χ1) is 12.3. The Hall–Kier alpha value is -1.64. The van der Waals surface area contributed by atoms with Gasteiger partial charge in [-0.3, -0.25) is 4.79 Å². The zero-order chi connectivity index (χ0) is 19.2. The number of rotatable bonds is 8. The van der Waals surface area contributed by atoms with Crippen molar-refractivity contribution in [2.24, 2.45) is 5.92 Å². The number of amides is 1. The number of aryl methyl sites for hydroxylation is 1. The molecule has 0 unspecified atom stereocenters. The molecule has 8 heteroatoms. The van der Waals surface area contributed by atoms with Crippen LogP contribution < -0.4 is 10.1 Å². The number of nitrogens with one attached hydrogen (secondary N) is 1. The summed E-state index contributed by atoms with van der Waals surface area (Å²) in [5, 5.41) is 2.87. The summed E-state index contributed by atoms with van der Waals surface area (Å²) < 4.78 is 37.6. The minimum atomic E-state index is -3.57. The molecular formula is C18H28N2O5S. The van der Waals surface area contributed by atoms with Crippen LogP contribution in [0.3, 0.4) is 0 Å². The van der Waals surface area contributed by atoms with Crippen LogP contribution in [0, 0.1) is 5.92 Å². The molecule has 1 amide bonds. The minimum Gasteiger partial charge on any atom is -0.496 e. The Morgan fingerprint density at radius 1 is 1.31 bits per heavy atom. The van der Waals surface area contributed by atoms with Crippen LogP contribution in [0.15, 0.2) is 23.1 Å². The van der Waals surface area contributed by atoms with Gasteiger partial charge in [-0.05, 0) is 36.1 Å². The maximum absolute atomic E-state index is 12.8. The van der Waals surface area contributed by atoms with Crippen molar-refractivity contribution in [2.75, 3.05) is 40.0 Å². The number of carbonyl (C=O) groups is 1. The van der Waals surface area contributed by atoms with Gasteiger partial charge in [-0.15, -0.1) is 0 Å². The summed E-state index contributed by atoms with van der Waals surface area (Å²) in [4.78, 5) is 12.2. The summed E-state index contributed by atoms with van der Waals surface area (Å²) in [6, 6.07) is 4.81. The molecule has 2 rings (SSSR count). The van der Waals surface area contributed by atoms with Crippen molar-refractivity contribution >= 4 is 15.9 Å². The highest BCUT2D eigenvalue weighted by molar-refractivity contribution is 7.89. The fraction of sp³-hybridized carbons (Fsp3) is 0.611. The molecule has 1 saturated heterocycles. The van der Waals surface area contributed by atoms with Gasteiger partial charge in [0.15, 0.2) is 0 Å². The van der Waals surface area contributed by atoms with Crippen molar-refractivity contribution in [3.05, 3.63) is 23.8 Å². The zero-order valence-corrected chi connectivity index (χ0v) is 16.5. The van der Waals surface area contributed by atoms with Crippen LogP contribution in [-0.2, 0) is 26.0 Å². The lowest BCUT2D eigenvalue weighted by atomic mass is 10.1. The standard InChI is InChI=1S/C18H28N2O5S/c1-14(2)13-19-18(21)7-4-15-12-16(5-6-17(15)24-3)26(22,23)20-8-10-25-11-9-20/h5-6,12,14H,4,7-11,13H2,1-3H3,(H,19,21). The lowest BCUT2D eigenvalue weighted by molar-refractivity contribution is -0.121. The second-order valence-electron chi connectivity index (χ2n) is 6.69. The number of hydrogen-bond acceptors (Lipinski definition) is 5. The lowest BCUT2D eigenvalue weighted by Crippen LogP contribution is -2.40. The number of methoxy groups -OCH3 is 1. The quantitative estimate of drug-likeness (QED) is 0.733. The highest BCUT2D eigenvalue weighted by atomic mass is 32.2. The smallest absolute Gasteiger partial charge is 0.243 e. The molecule has 0 bridgehead atoms. The van der Waals surface area contributed by atoms with Crippen LogP contribution in [0.2, 0.25) is 0 Å². The Labute approximate surface area is 155 Å². The maximum atomic E-state index is 12.8. The fourth-order valence-electron chi connectivity index (χ4n) is 2.70. The molecule has 0 radical (unpaired) electrons. The van der Waals surface area contributed by atoms with Gasteiger partial charge in [0, 0.05) is 26.1 Å². The molecule has 0 aliphatic carbocycles. The lowest BCUT2D eigenvalue weighted by Gasteiger charge is -2.26. The SMILES string of the molecule is COc1ccc(S(=O)(=O)N2CCOCC2)cc1CCC(=O)NCC(C)C. The summed E-state index contributed by atoms with van der Waals surface area (Å²) in [5.41, 5.74) is 0.710. The third kappa shape index (κ3) is 5.43. The molecule has 1 N–H and O–H groups in total. The van der Waals surface area contributed by atoms with Crippen molar-refractivity contribution in [1.29, 1.82) is 0 Å². The van der Waals surface area contributed by atoms with E-state index in [0.717, 1.165) is 0 Å². The third-order valence-electron chi connectivity index (χ3n) is 4.19. The largest absolute Gasteiger partial charge is 0.496 e. The van der Waals surface area contributed by atoms with Crippen LogP contribution >= 0.6 is 0 Å². The fourth-order valence-corrected chi connectivity index (χ4v) is 4.16. The van der Waals surface area contributed by atoms with E-state index in [4.69, 9.17) is 9.47 Å². The van der Waals surface area contributed by atoms with E-state index in [1.54, 1.807) is 18.2 Å². The molecule has 1 aliphatic rings. The number of sulfonamides is 1. The first-order valence-corrected chi connectivity index (χ1v) is 10.3. The Kier molecular flexibility index (Phi) is 7.43. The van der Waals surface area contributed by atoms with Crippen LogP contribution in [-0.4, -0.2) is 58.6 Å². The van der Waals surface area contributed by atoms with E-state index in [1.807, 2.05) is 13.8 Å². The average molecular weight is 384 g/mol. The van der Waals surface area contributed by atoms with E-state index in [9.17, 15) is 13.2 Å². The van der Waals surface area contributed by atoms with Gasteiger partial charge in [0.05, 0.1) is 25.2 Å². The average Bonchev–Trinajstić information content (AvgIpc) is 2.65. The molecule has 0 saturated carbocycles. The zero-order valence-electron chi connectivity index (χ0n) is 15.7. The molecule has 0 spiro atoms. The Balaban J connectivity index is 2.13. The van der Waals surface area contributed by atoms with Gasteiger partial charge in [0.2, 0.25) is 15.9 Å². The summed E-state index contributed by atoms with van der Waals surface area (Å²) in [7, 11) is -2.04. The van der Waals surface area contributed by atoms with E-state index in [-0.39, 0.29) is 17.2 Å². The first-order valence-electron chi connectivity index (χ1n) is 8.86. The van der Waals surface area contributed by atoms with Gasteiger partial charge in [0.25, 0.3) is 0 Å². The molecule has 1 heterocycles. The van der Waals surface area contributed by atoms with Crippen LogP contribution in [0.1, 0.15) is 25.8 Å². The summed E-state index contributed by atoms with van der Waals surface area (Å²) >= 11 is 0.